The Morgan fingerprint density at radius 2 is 1.85 bits per heavy atom. The maximum atomic E-state index is 11.9. The Hall–Kier alpha value is -1.00. The minimum atomic E-state index is -4.46. The van der Waals surface area contributed by atoms with Crippen LogP contribution in [0.1, 0.15) is 20.8 Å². The first kappa shape index (κ1) is 12.0. The molecule has 0 unspecified atom stereocenters. The Morgan fingerprint density at radius 3 is 2.15 bits per heavy atom. The van der Waals surface area contributed by atoms with Gasteiger partial charge in [-0.3, -0.25) is 0 Å². The average molecular weight is 196 g/mol. The third-order valence-corrected chi connectivity index (χ3v) is 1.13. The zero-order valence-electron chi connectivity index (χ0n) is 7.61. The molecule has 0 aromatic carbocycles. The molecule has 0 aromatic heterocycles. The molecule has 0 aromatic rings. The van der Waals surface area contributed by atoms with Crippen molar-refractivity contribution in [2.45, 2.75) is 33.1 Å². The summed E-state index contributed by atoms with van der Waals surface area (Å²) in [5.41, 5.74) is -0.960. The number of carbonyl (C=O) groups excluding carboxylic acids is 1. The number of alkyl halides is 3. The van der Waals surface area contributed by atoms with Crippen molar-refractivity contribution in [3.05, 3.63) is 11.6 Å². The van der Waals surface area contributed by atoms with Crippen LogP contribution in [0.15, 0.2) is 11.6 Å². The second-order valence-electron chi connectivity index (χ2n) is 2.81. The second-order valence-corrected chi connectivity index (χ2v) is 2.81. The number of hydrogen-bond acceptors (Lipinski definition) is 2. The van der Waals surface area contributed by atoms with Crippen LogP contribution in [-0.2, 0) is 9.53 Å². The highest BCUT2D eigenvalue weighted by molar-refractivity contribution is 5.83. The van der Waals surface area contributed by atoms with Crippen LogP contribution in [0, 0.1) is 0 Å². The van der Waals surface area contributed by atoms with Gasteiger partial charge in [0.15, 0.2) is 0 Å². The number of allylic oxidation sites excluding steroid dienone is 1. The van der Waals surface area contributed by atoms with Crippen LogP contribution in [0.25, 0.3) is 0 Å². The summed E-state index contributed by atoms with van der Waals surface area (Å²) in [6.45, 7) is 3.95. The Labute approximate surface area is 74.4 Å². The van der Waals surface area contributed by atoms with E-state index in [1.807, 2.05) is 0 Å². The molecule has 0 aliphatic heterocycles. The fourth-order valence-electron chi connectivity index (χ4n) is 0.525. The van der Waals surface area contributed by atoms with Crippen molar-refractivity contribution in [3.8, 4) is 0 Å². The van der Waals surface area contributed by atoms with Crippen LogP contribution in [0.4, 0.5) is 13.2 Å². The van der Waals surface area contributed by atoms with Gasteiger partial charge in [0, 0.05) is 11.6 Å². The van der Waals surface area contributed by atoms with Gasteiger partial charge >= 0.3 is 12.1 Å². The standard InChI is InChI=1S/C8H11F3O2/c1-5(2)13-7(12)4-6(3)8(9,10)11/h4-5H,1-3H3. The lowest BCUT2D eigenvalue weighted by Gasteiger charge is -2.08. The van der Waals surface area contributed by atoms with Gasteiger partial charge in [0.2, 0.25) is 0 Å². The lowest BCUT2D eigenvalue weighted by Crippen LogP contribution is -2.14. The van der Waals surface area contributed by atoms with E-state index in [-0.39, 0.29) is 0 Å². The number of hydrogen-bond donors (Lipinski definition) is 0. The van der Waals surface area contributed by atoms with Gasteiger partial charge < -0.3 is 4.74 Å². The van der Waals surface area contributed by atoms with Crippen LogP contribution >= 0.6 is 0 Å². The molecule has 13 heavy (non-hydrogen) atoms. The number of ether oxygens (including phenoxy) is 1. The van der Waals surface area contributed by atoms with E-state index in [4.69, 9.17) is 0 Å². The van der Waals surface area contributed by atoms with Crippen molar-refractivity contribution in [3.63, 3.8) is 0 Å². The van der Waals surface area contributed by atoms with Crippen LogP contribution < -0.4 is 0 Å². The van der Waals surface area contributed by atoms with E-state index in [0.717, 1.165) is 6.92 Å². The summed E-state index contributed by atoms with van der Waals surface area (Å²) in [6.07, 6.45) is -4.43. The Balaban J connectivity index is 4.32. The van der Waals surface area contributed by atoms with Gasteiger partial charge in [-0.2, -0.15) is 13.2 Å². The van der Waals surface area contributed by atoms with Crippen molar-refractivity contribution in [1.29, 1.82) is 0 Å². The molecule has 5 heteroatoms. The van der Waals surface area contributed by atoms with Crippen molar-refractivity contribution >= 4 is 5.97 Å². The molecule has 0 spiro atoms. The molecule has 0 bridgehead atoms. The zero-order chi connectivity index (χ0) is 10.6. The molecule has 0 radical (unpaired) electrons. The van der Waals surface area contributed by atoms with Gasteiger partial charge in [0.1, 0.15) is 0 Å². The molecule has 0 aliphatic carbocycles. The second kappa shape index (κ2) is 4.30. The summed E-state index contributed by atoms with van der Waals surface area (Å²) in [5.74, 6) is -0.968. The summed E-state index contributed by atoms with van der Waals surface area (Å²) >= 11 is 0. The Morgan fingerprint density at radius 1 is 1.38 bits per heavy atom. The molecule has 0 rings (SSSR count). The highest BCUT2D eigenvalue weighted by Crippen LogP contribution is 2.24. The van der Waals surface area contributed by atoms with Gasteiger partial charge in [0.05, 0.1) is 6.10 Å². The summed E-state index contributed by atoms with van der Waals surface area (Å²) < 4.78 is 40.1. The first-order chi connectivity index (χ1) is 5.73. The van der Waals surface area contributed by atoms with E-state index in [2.05, 4.69) is 4.74 Å². The maximum Gasteiger partial charge on any atom is 0.412 e. The number of halogens is 3. The lowest BCUT2D eigenvalue weighted by atomic mass is 10.3. The van der Waals surface area contributed by atoms with E-state index >= 15 is 0 Å². The number of rotatable bonds is 2. The van der Waals surface area contributed by atoms with Crippen molar-refractivity contribution in [2.24, 2.45) is 0 Å². The summed E-state index contributed by atoms with van der Waals surface area (Å²) in [6, 6.07) is 0. The van der Waals surface area contributed by atoms with Gasteiger partial charge in [0.25, 0.3) is 0 Å². The smallest absolute Gasteiger partial charge is 0.412 e. The predicted octanol–water partition coefficient (Wildman–Crippen LogP) is 2.45. The zero-order valence-corrected chi connectivity index (χ0v) is 7.61. The lowest BCUT2D eigenvalue weighted by molar-refractivity contribution is -0.142. The third kappa shape index (κ3) is 5.27. The van der Waals surface area contributed by atoms with E-state index in [0.29, 0.717) is 6.08 Å². The number of esters is 1. The molecule has 0 heterocycles. The molecule has 0 saturated heterocycles. The molecule has 0 fully saturated rings. The van der Waals surface area contributed by atoms with E-state index in [1.165, 1.54) is 0 Å². The van der Waals surface area contributed by atoms with Gasteiger partial charge in [-0.15, -0.1) is 0 Å². The summed E-state index contributed by atoms with van der Waals surface area (Å²) in [4.78, 5) is 10.7. The Bertz CT molecular complexity index is 216. The Kier molecular flexibility index (Phi) is 3.97. The highest BCUT2D eigenvalue weighted by atomic mass is 19.4. The van der Waals surface area contributed by atoms with E-state index < -0.39 is 23.8 Å². The monoisotopic (exact) mass is 196 g/mol. The van der Waals surface area contributed by atoms with E-state index in [1.54, 1.807) is 13.8 Å². The van der Waals surface area contributed by atoms with Crippen LogP contribution in [0.3, 0.4) is 0 Å². The van der Waals surface area contributed by atoms with Crippen molar-refractivity contribution < 1.29 is 22.7 Å². The molecular weight excluding hydrogens is 185 g/mol. The first-order valence-electron chi connectivity index (χ1n) is 3.69. The van der Waals surface area contributed by atoms with Crippen molar-refractivity contribution in [1.82, 2.24) is 0 Å². The molecule has 0 N–H and O–H groups in total. The number of carbonyl (C=O) groups is 1. The molecule has 0 saturated carbocycles. The fourth-order valence-corrected chi connectivity index (χ4v) is 0.525. The maximum absolute atomic E-state index is 11.9. The summed E-state index contributed by atoms with van der Waals surface area (Å²) in [5, 5.41) is 0. The predicted molar refractivity (Wildman–Crippen MR) is 41.0 cm³/mol. The molecule has 2 nitrogen and oxygen atoms in total. The topological polar surface area (TPSA) is 26.3 Å². The largest absolute Gasteiger partial charge is 0.460 e. The molecule has 0 atom stereocenters. The third-order valence-electron chi connectivity index (χ3n) is 1.13. The van der Waals surface area contributed by atoms with Crippen LogP contribution in [-0.4, -0.2) is 18.2 Å². The van der Waals surface area contributed by atoms with Gasteiger partial charge in [-0.1, -0.05) is 0 Å². The molecule has 76 valence electrons. The van der Waals surface area contributed by atoms with Gasteiger partial charge in [-0.05, 0) is 20.8 Å². The quantitative estimate of drug-likeness (QED) is 0.501. The fraction of sp³-hybridized carbons (Fsp3) is 0.625. The van der Waals surface area contributed by atoms with Gasteiger partial charge in [-0.25, -0.2) is 4.79 Å². The highest BCUT2D eigenvalue weighted by Gasteiger charge is 2.30. The SMILES string of the molecule is CC(=CC(=O)OC(C)C)C(F)(F)F. The molecule has 0 amide bonds. The normalized spacial score (nSPS) is 13.3. The minimum Gasteiger partial charge on any atom is -0.460 e. The van der Waals surface area contributed by atoms with E-state index in [9.17, 15) is 18.0 Å². The van der Waals surface area contributed by atoms with Crippen LogP contribution in [0.5, 0.6) is 0 Å². The van der Waals surface area contributed by atoms with Crippen molar-refractivity contribution in [2.75, 3.05) is 0 Å². The molecule has 0 aliphatic rings. The summed E-state index contributed by atoms with van der Waals surface area (Å²) in [7, 11) is 0. The first-order valence-corrected chi connectivity index (χ1v) is 3.69. The minimum absolute atomic E-state index is 0.412. The van der Waals surface area contributed by atoms with Crippen LogP contribution in [0.2, 0.25) is 0 Å². The molecular formula is C8H11F3O2. The average Bonchev–Trinajstić information content (AvgIpc) is 1.82.